The van der Waals surface area contributed by atoms with Crippen molar-refractivity contribution in [3.05, 3.63) is 45.0 Å². The first kappa shape index (κ1) is 15.2. The Labute approximate surface area is 113 Å². The molecule has 0 bridgehead atoms. The van der Waals surface area contributed by atoms with Gasteiger partial charge in [-0.1, -0.05) is 22.8 Å². The van der Waals surface area contributed by atoms with Crippen molar-refractivity contribution in [2.75, 3.05) is 13.1 Å². The van der Waals surface area contributed by atoms with E-state index in [-0.39, 0.29) is 23.7 Å². The number of carboxylic acid groups (broad SMARTS) is 1. The van der Waals surface area contributed by atoms with E-state index in [1.807, 2.05) is 0 Å². The quantitative estimate of drug-likeness (QED) is 0.349. The van der Waals surface area contributed by atoms with Gasteiger partial charge in [0.05, 0.1) is 0 Å². The van der Waals surface area contributed by atoms with E-state index in [1.165, 1.54) is 12.1 Å². The molecule has 8 heteroatoms. The Morgan fingerprint density at radius 2 is 2.37 bits per heavy atom. The predicted octanol–water partition coefficient (Wildman–Crippen LogP) is 2.89. The van der Waals surface area contributed by atoms with Gasteiger partial charge in [-0.05, 0) is 30.6 Å². The van der Waals surface area contributed by atoms with Crippen molar-refractivity contribution < 1.29 is 14.3 Å². The molecule has 0 spiro atoms. The second-order valence-corrected chi connectivity index (χ2v) is 4.08. The lowest BCUT2D eigenvalue weighted by Gasteiger charge is -2.16. The summed E-state index contributed by atoms with van der Waals surface area (Å²) in [7, 11) is 0. The van der Waals surface area contributed by atoms with Gasteiger partial charge >= 0.3 is 5.97 Å². The highest BCUT2D eigenvalue weighted by atomic mass is 35.5. The fourth-order valence-corrected chi connectivity index (χ4v) is 1.81. The van der Waals surface area contributed by atoms with E-state index in [4.69, 9.17) is 22.2 Å². The van der Waals surface area contributed by atoms with E-state index in [0.29, 0.717) is 6.42 Å². The number of hydrogen-bond donors (Lipinski definition) is 2. The first-order chi connectivity index (χ1) is 9.07. The van der Waals surface area contributed by atoms with Gasteiger partial charge in [0, 0.05) is 22.0 Å². The summed E-state index contributed by atoms with van der Waals surface area (Å²) in [6.45, 7) is 0.501. The highest BCUT2D eigenvalue weighted by Gasteiger charge is 2.24. The summed E-state index contributed by atoms with van der Waals surface area (Å²) in [6.07, 6.45) is 0.444. The first-order valence-corrected chi connectivity index (χ1v) is 5.86. The lowest BCUT2D eigenvalue weighted by molar-refractivity contribution is -0.139. The van der Waals surface area contributed by atoms with Gasteiger partial charge in [-0.3, -0.25) is 4.79 Å². The number of rotatable bonds is 7. The van der Waals surface area contributed by atoms with Crippen molar-refractivity contribution >= 4 is 17.6 Å². The van der Waals surface area contributed by atoms with Crippen LogP contribution in [-0.2, 0) is 4.79 Å². The molecule has 0 aliphatic rings. The van der Waals surface area contributed by atoms with Crippen LogP contribution < -0.4 is 5.32 Å². The SMILES string of the molecule is [N-]=[N+]=NCCCNC(C(=O)O)c1c(F)cccc1Cl. The molecule has 0 amide bonds. The summed E-state index contributed by atoms with van der Waals surface area (Å²) in [6, 6.07) is 2.75. The molecule has 2 N–H and O–H groups in total. The molecule has 19 heavy (non-hydrogen) atoms. The van der Waals surface area contributed by atoms with Crippen LogP contribution in [0.4, 0.5) is 4.39 Å². The molecule has 0 aliphatic heterocycles. The summed E-state index contributed by atoms with van der Waals surface area (Å²) in [5.74, 6) is -1.90. The standard InChI is InChI=1S/C11H12ClFN4O2/c12-7-3-1-4-8(13)9(7)10(11(18)19)15-5-2-6-16-17-14/h1,3-4,10,15H,2,5-6H2,(H,18,19). The largest absolute Gasteiger partial charge is 0.480 e. The Morgan fingerprint density at radius 3 is 2.95 bits per heavy atom. The van der Waals surface area contributed by atoms with Crippen molar-refractivity contribution in [1.82, 2.24) is 5.32 Å². The monoisotopic (exact) mass is 286 g/mol. The third kappa shape index (κ3) is 4.40. The van der Waals surface area contributed by atoms with Gasteiger partial charge in [0.15, 0.2) is 0 Å². The molecule has 0 fully saturated rings. The highest BCUT2D eigenvalue weighted by Crippen LogP contribution is 2.26. The summed E-state index contributed by atoms with van der Waals surface area (Å²) >= 11 is 5.82. The maximum Gasteiger partial charge on any atom is 0.325 e. The molecule has 1 atom stereocenters. The van der Waals surface area contributed by atoms with Crippen molar-refractivity contribution in [2.24, 2.45) is 5.11 Å². The molecule has 1 rings (SSSR count). The first-order valence-electron chi connectivity index (χ1n) is 5.49. The Bertz CT molecular complexity index is 485. The number of nitrogens with zero attached hydrogens (tertiary/aromatic N) is 3. The number of nitrogens with one attached hydrogen (secondary N) is 1. The number of carboxylic acids is 1. The van der Waals surface area contributed by atoms with Crippen LogP contribution in [0, 0.1) is 5.82 Å². The van der Waals surface area contributed by atoms with Crippen molar-refractivity contribution in [2.45, 2.75) is 12.5 Å². The molecule has 6 nitrogen and oxygen atoms in total. The Hall–Kier alpha value is -1.82. The van der Waals surface area contributed by atoms with Gasteiger partial charge in [-0.25, -0.2) is 4.39 Å². The number of azide groups is 1. The van der Waals surface area contributed by atoms with Crippen LogP contribution in [0.5, 0.6) is 0 Å². The topological polar surface area (TPSA) is 98.1 Å². The molecule has 0 aliphatic carbocycles. The van der Waals surface area contributed by atoms with Gasteiger partial charge < -0.3 is 10.4 Å². The molecule has 1 aromatic carbocycles. The zero-order valence-corrected chi connectivity index (χ0v) is 10.6. The maximum absolute atomic E-state index is 13.6. The van der Waals surface area contributed by atoms with Gasteiger partial charge in [0.25, 0.3) is 0 Å². The van der Waals surface area contributed by atoms with Crippen molar-refractivity contribution in [3.63, 3.8) is 0 Å². The highest BCUT2D eigenvalue weighted by molar-refractivity contribution is 6.31. The molecular formula is C11H12ClFN4O2. The zero-order valence-electron chi connectivity index (χ0n) is 9.88. The molecule has 0 heterocycles. The molecule has 0 saturated carbocycles. The third-order valence-electron chi connectivity index (χ3n) is 2.38. The Kier molecular flexibility index (Phi) is 6.08. The number of halogens is 2. The molecule has 0 saturated heterocycles. The van der Waals surface area contributed by atoms with Gasteiger partial charge in [-0.15, -0.1) is 0 Å². The fourth-order valence-electron chi connectivity index (χ4n) is 1.54. The minimum absolute atomic E-state index is 0.0509. The van der Waals surface area contributed by atoms with Crippen LogP contribution in [0.1, 0.15) is 18.0 Å². The second kappa shape index (κ2) is 7.58. The minimum atomic E-state index is -1.24. The summed E-state index contributed by atoms with van der Waals surface area (Å²) < 4.78 is 13.6. The average molecular weight is 287 g/mol. The van der Waals surface area contributed by atoms with Crippen molar-refractivity contribution in [3.8, 4) is 0 Å². The Balaban J connectivity index is 2.78. The Morgan fingerprint density at radius 1 is 1.63 bits per heavy atom. The normalized spacial score (nSPS) is 11.7. The predicted molar refractivity (Wildman–Crippen MR) is 68.4 cm³/mol. The summed E-state index contributed by atoms with van der Waals surface area (Å²) in [4.78, 5) is 13.7. The fraction of sp³-hybridized carbons (Fsp3) is 0.364. The average Bonchev–Trinajstić information content (AvgIpc) is 2.35. The number of benzene rings is 1. The minimum Gasteiger partial charge on any atom is -0.480 e. The van der Waals surface area contributed by atoms with E-state index >= 15 is 0 Å². The summed E-state index contributed by atoms with van der Waals surface area (Å²) in [5.41, 5.74) is 7.99. The van der Waals surface area contributed by atoms with Crippen molar-refractivity contribution in [1.29, 1.82) is 0 Å². The van der Waals surface area contributed by atoms with E-state index < -0.39 is 17.8 Å². The molecule has 0 aromatic heterocycles. The smallest absolute Gasteiger partial charge is 0.325 e. The van der Waals surface area contributed by atoms with Crippen LogP contribution >= 0.6 is 11.6 Å². The van der Waals surface area contributed by atoms with Crippen LogP contribution in [0.15, 0.2) is 23.3 Å². The van der Waals surface area contributed by atoms with Gasteiger partial charge in [0.2, 0.25) is 0 Å². The molecule has 1 aromatic rings. The second-order valence-electron chi connectivity index (χ2n) is 3.67. The molecule has 102 valence electrons. The third-order valence-corrected chi connectivity index (χ3v) is 2.71. The van der Waals surface area contributed by atoms with E-state index in [9.17, 15) is 9.18 Å². The number of carbonyl (C=O) groups is 1. The van der Waals surface area contributed by atoms with Crippen LogP contribution in [0.3, 0.4) is 0 Å². The van der Waals surface area contributed by atoms with Crippen LogP contribution in [-0.4, -0.2) is 24.2 Å². The lowest BCUT2D eigenvalue weighted by atomic mass is 10.1. The number of hydrogen-bond acceptors (Lipinski definition) is 3. The van der Waals surface area contributed by atoms with Crippen LogP contribution in [0.25, 0.3) is 10.4 Å². The molecule has 1 unspecified atom stereocenters. The zero-order chi connectivity index (χ0) is 14.3. The number of aliphatic carboxylic acids is 1. The van der Waals surface area contributed by atoms with Crippen LogP contribution in [0.2, 0.25) is 5.02 Å². The van der Waals surface area contributed by atoms with Gasteiger partial charge in [0.1, 0.15) is 11.9 Å². The van der Waals surface area contributed by atoms with E-state index in [1.54, 1.807) is 0 Å². The van der Waals surface area contributed by atoms with Gasteiger partial charge in [-0.2, -0.15) is 0 Å². The molecule has 0 radical (unpaired) electrons. The maximum atomic E-state index is 13.6. The summed E-state index contributed by atoms with van der Waals surface area (Å²) in [5, 5.41) is 15.1. The molecular weight excluding hydrogens is 275 g/mol. The van der Waals surface area contributed by atoms with E-state index in [2.05, 4.69) is 15.3 Å². The van der Waals surface area contributed by atoms with E-state index in [0.717, 1.165) is 6.07 Å². The lowest BCUT2D eigenvalue weighted by Crippen LogP contribution is -2.30.